The number of aromatic nitrogens is 2. The number of carbonyl (C=O) groups excluding carboxylic acids is 9. The van der Waals surface area contributed by atoms with Crippen LogP contribution in [-0.4, -0.2) is 165 Å². The number of fused-ring (bicyclic) bond motifs is 2. The molecule has 29 nitrogen and oxygen atoms in total. The Labute approximate surface area is 569 Å². The van der Waals surface area contributed by atoms with Gasteiger partial charge < -0.3 is 92.6 Å². The zero-order valence-corrected chi connectivity index (χ0v) is 57.6. The zero-order chi connectivity index (χ0) is 70.4. The Bertz CT molecular complexity index is 3320. The van der Waals surface area contributed by atoms with Crippen LogP contribution >= 0.6 is 23.5 Å². The van der Waals surface area contributed by atoms with E-state index >= 15 is 4.79 Å². The van der Waals surface area contributed by atoms with Gasteiger partial charge in [0.25, 0.3) is 0 Å². The fraction of sp³-hybridized carbons (Fsp3) is 0.569. The molecule has 5 rings (SSSR count). The van der Waals surface area contributed by atoms with Crippen LogP contribution in [0.4, 0.5) is 0 Å². The Balaban J connectivity index is 1.42. The first-order valence-corrected chi connectivity index (χ1v) is 35.2. The molecular formula is C65H102N20O9S2. The Hall–Kier alpha value is -8.74. The molecule has 1 aliphatic heterocycles. The molecule has 96 heavy (non-hydrogen) atoms. The van der Waals surface area contributed by atoms with E-state index in [2.05, 4.69) is 67.5 Å². The second kappa shape index (κ2) is 40.0. The molecule has 1 saturated heterocycles. The zero-order valence-electron chi connectivity index (χ0n) is 56.0. The number of nitrogens with zero attached hydrogens (tertiary/aromatic N) is 3. The number of aromatic amines is 2. The average molecular weight is 1370 g/mol. The van der Waals surface area contributed by atoms with Crippen LogP contribution in [0.1, 0.15) is 130 Å². The fourth-order valence-corrected chi connectivity index (χ4v) is 14.0. The minimum atomic E-state index is -1.39. The van der Waals surface area contributed by atoms with Gasteiger partial charge in [0.2, 0.25) is 53.2 Å². The maximum Gasteiger partial charge on any atom is 0.243 e. The molecule has 0 radical (unpaired) electrons. The van der Waals surface area contributed by atoms with E-state index < -0.39 is 113 Å². The summed E-state index contributed by atoms with van der Waals surface area (Å²) in [6.45, 7) is 11.0. The number of primary amides is 1. The maximum absolute atomic E-state index is 15.1. The van der Waals surface area contributed by atoms with Crippen LogP contribution in [0.25, 0.3) is 21.8 Å². The number of nitrogens with one attached hydrogen (secondary N) is 10. The minimum Gasteiger partial charge on any atom is -0.370 e. The van der Waals surface area contributed by atoms with Gasteiger partial charge in [-0.3, -0.25) is 58.1 Å². The number of aliphatic imine (C=N–C) groups is 3. The molecule has 31 heteroatoms. The molecule has 0 aliphatic carbocycles. The number of unbranched alkanes of at least 4 members (excludes halogenated alkanes) is 1. The van der Waals surface area contributed by atoms with Crippen molar-refractivity contribution >= 4 is 116 Å². The normalized spacial score (nSPS) is 16.0. The number of para-hydroxylation sites is 2. The Morgan fingerprint density at radius 3 is 1.33 bits per heavy atom. The topological polar surface area (TPSA) is 501 Å². The number of amides is 9. The highest BCUT2D eigenvalue weighted by molar-refractivity contribution is 8.19. The Morgan fingerprint density at radius 2 is 0.885 bits per heavy atom. The number of benzene rings is 2. The molecule has 0 bridgehead atoms. The number of thioether (sulfide) groups is 2. The Kier molecular flexibility index (Phi) is 32.5. The van der Waals surface area contributed by atoms with Crippen molar-refractivity contribution in [2.75, 3.05) is 30.5 Å². The van der Waals surface area contributed by atoms with E-state index in [1.807, 2.05) is 85.9 Å². The molecule has 1 fully saturated rings. The van der Waals surface area contributed by atoms with Gasteiger partial charge in [0.15, 0.2) is 17.9 Å². The van der Waals surface area contributed by atoms with Gasteiger partial charge >= 0.3 is 0 Å². The van der Waals surface area contributed by atoms with Crippen molar-refractivity contribution in [3.8, 4) is 0 Å². The van der Waals surface area contributed by atoms with Crippen LogP contribution in [0.2, 0.25) is 0 Å². The molecule has 9 amide bonds. The molecule has 0 spiro atoms. The lowest BCUT2D eigenvalue weighted by Crippen LogP contribution is -2.62. The molecule has 0 saturated carbocycles. The van der Waals surface area contributed by atoms with Crippen LogP contribution in [-0.2, 0) is 56.0 Å². The fourth-order valence-electron chi connectivity index (χ4n) is 11.0. The maximum atomic E-state index is 15.1. The summed E-state index contributed by atoms with van der Waals surface area (Å²) in [6, 6.07) is 4.64. The largest absolute Gasteiger partial charge is 0.370 e. The van der Waals surface area contributed by atoms with Gasteiger partial charge in [-0.05, 0) is 92.4 Å². The standard InChI is InChI=1S/C65H102N20O9S2/c1-7-37(5)53(84-57(89)47(24-16-28-74-64(69)70)78-51(86)26-14-9-18-41-34-95-35-96-41)61(93)82-50(31-40-33-77-45-22-13-11-20-43(40)45)59(91)83-52(36(3)4)60(92)85-54(38(6)8-2)62(94)81-49(30-39-32-76-44-21-12-10-19-42(39)44)58(90)80-48(25-17-29-75-65(71)72)56(88)79-46(55(66)87)23-15-27-73-63(67)68/h10-13,19-22,32-33,36-38,41,46-50,52-54,76-77H,7-9,14-18,23-31,34-35H2,1-6H3,(H2,66,87)(H,78,86)(H,79,88)(H,80,90)(H,81,94)(H,82,93)(H,83,91)(H,84,89)(H,85,92)(H4,67,68,73)(H4,69,70,74)(H4,71,72,75)/t37-,38-,41?,46-,47-,48-,49-,50-,52-,53-,54-/m0/s1. The third-order valence-electron chi connectivity index (χ3n) is 16.9. The first kappa shape index (κ1) is 78.0. The molecule has 4 aromatic rings. The van der Waals surface area contributed by atoms with Crippen molar-refractivity contribution in [1.82, 2.24) is 52.5 Å². The third-order valence-corrected chi connectivity index (χ3v) is 19.9. The molecule has 1 unspecified atom stereocenters. The number of guanidine groups is 3. The van der Waals surface area contributed by atoms with E-state index in [1.54, 1.807) is 40.1 Å². The quantitative estimate of drug-likeness (QED) is 0.0168. The van der Waals surface area contributed by atoms with Gasteiger partial charge in [-0.25, -0.2) is 0 Å². The van der Waals surface area contributed by atoms with Gasteiger partial charge in [0, 0.05) is 89.2 Å². The van der Waals surface area contributed by atoms with Crippen molar-refractivity contribution in [2.45, 2.75) is 185 Å². The van der Waals surface area contributed by atoms with Gasteiger partial charge in [-0.2, -0.15) is 0 Å². The number of nitrogens with two attached hydrogens (primary N) is 7. The number of rotatable bonds is 42. The first-order chi connectivity index (χ1) is 45.8. The molecule has 24 N–H and O–H groups in total. The SMILES string of the molecule is CC[C@H](C)[C@H](NC(=O)[C@H](CCCN=C(N)N)NC(=O)CCCCC1CSCS1)C(=O)N[C@@H](Cc1c[nH]c2ccccc12)C(=O)N[C@H](C(=O)N[C@H](C(=O)N[C@@H](Cc1c[nH]c2ccccc12)C(=O)N[C@@H](CCCN=C(N)N)C(=O)N[C@@H](CCCN=C(N)N)C(N)=O)[C@@H](C)CC)C(C)C. The van der Waals surface area contributed by atoms with E-state index in [0.29, 0.717) is 42.1 Å². The molecular weight excluding hydrogens is 1270 g/mol. The lowest BCUT2D eigenvalue weighted by atomic mass is 9.95. The van der Waals surface area contributed by atoms with Gasteiger partial charge in [0.1, 0.15) is 48.3 Å². The predicted molar refractivity (Wildman–Crippen MR) is 379 cm³/mol. The van der Waals surface area contributed by atoms with E-state index in [9.17, 15) is 38.4 Å². The van der Waals surface area contributed by atoms with Crippen LogP contribution in [0.5, 0.6) is 0 Å². The van der Waals surface area contributed by atoms with Crippen LogP contribution in [0.15, 0.2) is 75.9 Å². The van der Waals surface area contributed by atoms with Crippen molar-refractivity contribution in [1.29, 1.82) is 0 Å². The average Bonchev–Trinajstić information content (AvgIpc) is 1.43. The van der Waals surface area contributed by atoms with E-state index in [-0.39, 0.29) is 94.8 Å². The molecule has 2 aromatic carbocycles. The number of hydrogen-bond acceptors (Lipinski definition) is 14. The number of hydrogen-bond donors (Lipinski definition) is 17. The highest BCUT2D eigenvalue weighted by Crippen LogP contribution is 2.32. The van der Waals surface area contributed by atoms with E-state index in [4.69, 9.17) is 40.1 Å². The summed E-state index contributed by atoms with van der Waals surface area (Å²) in [5.74, 6) is -7.34. The summed E-state index contributed by atoms with van der Waals surface area (Å²) < 4.78 is 0. The summed E-state index contributed by atoms with van der Waals surface area (Å²) in [5, 5.41) is 25.9. The van der Waals surface area contributed by atoms with Gasteiger partial charge in [0.05, 0.1) is 0 Å². The lowest BCUT2D eigenvalue weighted by Gasteiger charge is -2.31. The second-order valence-corrected chi connectivity index (χ2v) is 27.4. The van der Waals surface area contributed by atoms with E-state index in [1.165, 1.54) is 0 Å². The van der Waals surface area contributed by atoms with Gasteiger partial charge in [-0.1, -0.05) is 97.2 Å². The summed E-state index contributed by atoms with van der Waals surface area (Å²) in [5.41, 5.74) is 41.8. The highest BCUT2D eigenvalue weighted by atomic mass is 32.2. The lowest BCUT2D eigenvalue weighted by molar-refractivity contribution is -0.137. The number of H-pyrrole nitrogens is 2. The number of carbonyl (C=O) groups is 9. The van der Waals surface area contributed by atoms with Crippen LogP contribution < -0.4 is 82.7 Å². The van der Waals surface area contributed by atoms with Gasteiger partial charge in [-0.15, -0.1) is 23.5 Å². The smallest absolute Gasteiger partial charge is 0.243 e. The summed E-state index contributed by atoms with van der Waals surface area (Å²) in [4.78, 5) is 148. The monoisotopic (exact) mass is 1370 g/mol. The highest BCUT2D eigenvalue weighted by Gasteiger charge is 2.38. The second-order valence-electron chi connectivity index (χ2n) is 24.7. The molecule has 11 atom stereocenters. The molecule has 1 aliphatic rings. The molecule has 528 valence electrons. The van der Waals surface area contributed by atoms with E-state index in [0.717, 1.165) is 45.5 Å². The van der Waals surface area contributed by atoms with Crippen molar-refractivity contribution in [3.63, 3.8) is 0 Å². The van der Waals surface area contributed by atoms with Crippen molar-refractivity contribution in [2.24, 2.45) is 72.9 Å². The minimum absolute atomic E-state index is 0.0267. The van der Waals surface area contributed by atoms with Crippen LogP contribution in [0.3, 0.4) is 0 Å². The predicted octanol–water partition coefficient (Wildman–Crippen LogP) is 1.07. The first-order valence-electron chi connectivity index (χ1n) is 33.0. The van der Waals surface area contributed by atoms with Crippen molar-refractivity contribution in [3.05, 3.63) is 72.1 Å². The van der Waals surface area contributed by atoms with Crippen LogP contribution in [0, 0.1) is 17.8 Å². The summed E-state index contributed by atoms with van der Waals surface area (Å²) in [7, 11) is 0. The summed E-state index contributed by atoms with van der Waals surface area (Å²) in [6.07, 6.45) is 7.72. The third kappa shape index (κ3) is 25.4. The Morgan fingerprint density at radius 1 is 0.490 bits per heavy atom. The van der Waals surface area contributed by atoms with Crippen molar-refractivity contribution < 1.29 is 43.2 Å². The molecule has 2 aromatic heterocycles. The molecule has 3 heterocycles. The summed E-state index contributed by atoms with van der Waals surface area (Å²) >= 11 is 3.83.